The summed E-state index contributed by atoms with van der Waals surface area (Å²) in [4.78, 5) is 0. The highest BCUT2D eigenvalue weighted by Crippen LogP contribution is 2.06. The van der Waals surface area contributed by atoms with E-state index in [4.69, 9.17) is 0 Å². The van der Waals surface area contributed by atoms with Crippen molar-refractivity contribution in [2.45, 2.75) is 26.3 Å². The molecule has 4 nitrogen and oxygen atoms in total. The average molecular weight is 272 g/mol. The van der Waals surface area contributed by atoms with Gasteiger partial charge in [0, 0.05) is 12.7 Å². The fraction of sp³-hybridized carbons (Fsp3) is 0.438. The molecular formula is C16H24N4. The van der Waals surface area contributed by atoms with Gasteiger partial charge in [0.05, 0.1) is 11.4 Å². The molecule has 0 aliphatic carbocycles. The highest BCUT2D eigenvalue weighted by Gasteiger charge is 2.00. The van der Waals surface area contributed by atoms with E-state index in [0.29, 0.717) is 0 Å². The molecule has 2 aromatic rings. The highest BCUT2D eigenvalue weighted by atomic mass is 15.3. The highest BCUT2D eigenvalue weighted by molar-refractivity contribution is 5.30. The second-order valence-corrected chi connectivity index (χ2v) is 4.87. The maximum Gasteiger partial charge on any atom is 0.0766 e. The molecule has 1 heterocycles. The Morgan fingerprint density at radius 2 is 1.80 bits per heavy atom. The first-order chi connectivity index (χ1) is 9.90. The lowest BCUT2D eigenvalue weighted by atomic mass is 10.3. The van der Waals surface area contributed by atoms with E-state index in [0.717, 1.165) is 44.0 Å². The van der Waals surface area contributed by atoms with Crippen LogP contribution in [0.4, 0.5) is 0 Å². The van der Waals surface area contributed by atoms with Crippen LogP contribution in [0.15, 0.2) is 42.6 Å². The Bertz CT molecular complexity index is 478. The molecule has 0 spiro atoms. The topological polar surface area (TPSA) is 41.9 Å². The van der Waals surface area contributed by atoms with Gasteiger partial charge in [-0.05, 0) is 50.7 Å². The minimum absolute atomic E-state index is 0.827. The summed E-state index contributed by atoms with van der Waals surface area (Å²) in [6.07, 6.45) is 4.36. The second kappa shape index (κ2) is 8.51. The van der Waals surface area contributed by atoms with E-state index in [1.807, 2.05) is 29.1 Å². The number of rotatable bonds is 9. The van der Waals surface area contributed by atoms with Crippen molar-refractivity contribution in [1.82, 2.24) is 20.4 Å². The van der Waals surface area contributed by atoms with E-state index < -0.39 is 0 Å². The summed E-state index contributed by atoms with van der Waals surface area (Å²) >= 11 is 0. The molecule has 0 bridgehead atoms. The standard InChI is InChI=1S/C16H24N4/c1-2-10-17-11-6-12-18-14-15-9-13-20(19-15)16-7-4-3-5-8-16/h3-5,7-9,13,17-18H,2,6,10-12,14H2,1H3. The molecule has 1 aromatic heterocycles. The Labute approximate surface area is 121 Å². The Morgan fingerprint density at radius 1 is 1.00 bits per heavy atom. The summed E-state index contributed by atoms with van der Waals surface area (Å²) < 4.78 is 1.92. The maximum atomic E-state index is 4.57. The van der Waals surface area contributed by atoms with Crippen LogP contribution in [0, 0.1) is 0 Å². The minimum Gasteiger partial charge on any atom is -0.317 e. The number of nitrogens with zero attached hydrogens (tertiary/aromatic N) is 2. The van der Waals surface area contributed by atoms with Crippen molar-refractivity contribution < 1.29 is 0 Å². The lowest BCUT2D eigenvalue weighted by molar-refractivity contribution is 0.587. The third kappa shape index (κ3) is 4.79. The predicted octanol–water partition coefficient (Wildman–Crippen LogP) is 2.35. The molecule has 1 aromatic carbocycles. The average Bonchev–Trinajstić information content (AvgIpc) is 2.96. The number of hydrogen-bond acceptors (Lipinski definition) is 3. The zero-order chi connectivity index (χ0) is 14.0. The van der Waals surface area contributed by atoms with Gasteiger partial charge in [-0.15, -0.1) is 0 Å². The number of hydrogen-bond donors (Lipinski definition) is 2. The minimum atomic E-state index is 0.827. The summed E-state index contributed by atoms with van der Waals surface area (Å²) in [6, 6.07) is 12.3. The molecule has 0 aliphatic heterocycles. The number of para-hydroxylation sites is 1. The molecule has 20 heavy (non-hydrogen) atoms. The van der Waals surface area contributed by atoms with Crippen molar-refractivity contribution >= 4 is 0 Å². The normalized spacial score (nSPS) is 10.8. The van der Waals surface area contributed by atoms with Crippen LogP contribution in [0.3, 0.4) is 0 Å². The maximum absolute atomic E-state index is 4.57. The Balaban J connectivity index is 1.69. The van der Waals surface area contributed by atoms with Gasteiger partial charge >= 0.3 is 0 Å². The number of nitrogens with one attached hydrogen (secondary N) is 2. The predicted molar refractivity (Wildman–Crippen MR) is 83.0 cm³/mol. The van der Waals surface area contributed by atoms with Gasteiger partial charge in [-0.1, -0.05) is 25.1 Å². The fourth-order valence-corrected chi connectivity index (χ4v) is 2.04. The van der Waals surface area contributed by atoms with Gasteiger partial charge in [0.1, 0.15) is 0 Å². The van der Waals surface area contributed by atoms with Crippen molar-refractivity contribution in [3.05, 3.63) is 48.3 Å². The molecule has 0 aliphatic rings. The molecule has 108 valence electrons. The van der Waals surface area contributed by atoms with Gasteiger partial charge in [-0.2, -0.15) is 5.10 Å². The van der Waals surface area contributed by atoms with Crippen LogP contribution in [0.1, 0.15) is 25.5 Å². The number of aromatic nitrogens is 2. The molecule has 2 rings (SSSR count). The summed E-state index contributed by atoms with van der Waals surface area (Å²) in [5.74, 6) is 0. The first-order valence-corrected chi connectivity index (χ1v) is 7.41. The summed E-state index contributed by atoms with van der Waals surface area (Å²) in [5, 5.41) is 11.4. The Morgan fingerprint density at radius 3 is 2.60 bits per heavy atom. The molecule has 0 saturated carbocycles. The Hall–Kier alpha value is -1.65. The van der Waals surface area contributed by atoms with E-state index in [1.165, 1.54) is 6.42 Å². The molecule has 0 fully saturated rings. The quantitative estimate of drug-likeness (QED) is 0.689. The van der Waals surface area contributed by atoms with Gasteiger partial charge < -0.3 is 10.6 Å². The lowest BCUT2D eigenvalue weighted by Gasteiger charge is -2.04. The fourth-order valence-electron chi connectivity index (χ4n) is 2.04. The van der Waals surface area contributed by atoms with Crippen molar-refractivity contribution in [3.8, 4) is 5.69 Å². The molecule has 4 heteroatoms. The lowest BCUT2D eigenvalue weighted by Crippen LogP contribution is -2.22. The third-order valence-corrected chi connectivity index (χ3v) is 3.11. The van der Waals surface area contributed by atoms with E-state index in [-0.39, 0.29) is 0 Å². The molecule has 0 unspecified atom stereocenters. The van der Waals surface area contributed by atoms with Crippen LogP contribution < -0.4 is 10.6 Å². The van der Waals surface area contributed by atoms with Crippen molar-refractivity contribution in [3.63, 3.8) is 0 Å². The van der Waals surface area contributed by atoms with Gasteiger partial charge in [-0.3, -0.25) is 0 Å². The molecule has 2 N–H and O–H groups in total. The SMILES string of the molecule is CCCNCCCNCc1ccn(-c2ccccc2)n1. The summed E-state index contributed by atoms with van der Waals surface area (Å²) in [7, 11) is 0. The first-order valence-electron chi connectivity index (χ1n) is 7.41. The molecule has 0 saturated heterocycles. The van der Waals surface area contributed by atoms with Crippen molar-refractivity contribution in [2.75, 3.05) is 19.6 Å². The monoisotopic (exact) mass is 272 g/mol. The van der Waals surface area contributed by atoms with Gasteiger partial charge in [-0.25, -0.2) is 4.68 Å². The zero-order valence-corrected chi connectivity index (χ0v) is 12.2. The van der Waals surface area contributed by atoms with Crippen LogP contribution in [0.2, 0.25) is 0 Å². The van der Waals surface area contributed by atoms with Gasteiger partial charge in [0.25, 0.3) is 0 Å². The van der Waals surface area contributed by atoms with Gasteiger partial charge in [0.2, 0.25) is 0 Å². The van der Waals surface area contributed by atoms with E-state index in [9.17, 15) is 0 Å². The molecule has 0 atom stereocenters. The summed E-state index contributed by atoms with van der Waals surface area (Å²) in [5.41, 5.74) is 2.18. The molecule has 0 radical (unpaired) electrons. The third-order valence-electron chi connectivity index (χ3n) is 3.11. The van der Waals surface area contributed by atoms with E-state index >= 15 is 0 Å². The van der Waals surface area contributed by atoms with Crippen LogP contribution >= 0.6 is 0 Å². The smallest absolute Gasteiger partial charge is 0.0766 e. The van der Waals surface area contributed by atoms with Crippen molar-refractivity contribution in [1.29, 1.82) is 0 Å². The second-order valence-electron chi connectivity index (χ2n) is 4.87. The van der Waals surface area contributed by atoms with Crippen LogP contribution in [-0.2, 0) is 6.54 Å². The molecule has 0 amide bonds. The number of benzene rings is 1. The largest absolute Gasteiger partial charge is 0.317 e. The Kier molecular flexibility index (Phi) is 6.27. The van der Waals surface area contributed by atoms with Gasteiger partial charge in [0.15, 0.2) is 0 Å². The summed E-state index contributed by atoms with van der Waals surface area (Å²) in [6.45, 7) is 6.23. The van der Waals surface area contributed by atoms with Crippen LogP contribution in [0.5, 0.6) is 0 Å². The van der Waals surface area contributed by atoms with E-state index in [2.05, 4.69) is 40.9 Å². The van der Waals surface area contributed by atoms with Crippen LogP contribution in [-0.4, -0.2) is 29.4 Å². The first kappa shape index (κ1) is 14.8. The molecular weight excluding hydrogens is 248 g/mol. The van der Waals surface area contributed by atoms with Crippen LogP contribution in [0.25, 0.3) is 5.69 Å². The zero-order valence-electron chi connectivity index (χ0n) is 12.2. The van der Waals surface area contributed by atoms with E-state index in [1.54, 1.807) is 0 Å². The van der Waals surface area contributed by atoms with Crippen molar-refractivity contribution in [2.24, 2.45) is 0 Å².